The monoisotopic (exact) mass is 317 g/mol. The fourth-order valence-electron chi connectivity index (χ4n) is 3.83. The third-order valence-electron chi connectivity index (χ3n) is 5.06. The number of H-pyrrole nitrogens is 1. The molecular formula is C16H19N3O2S. The summed E-state index contributed by atoms with van der Waals surface area (Å²) in [4.78, 5) is 32.1. The van der Waals surface area contributed by atoms with Gasteiger partial charge in [-0.25, -0.2) is 0 Å². The molecule has 0 radical (unpaired) electrons. The molecule has 1 N–H and O–H groups in total. The van der Waals surface area contributed by atoms with Gasteiger partial charge in [0.2, 0.25) is 5.91 Å². The van der Waals surface area contributed by atoms with Crippen molar-refractivity contribution in [3.05, 3.63) is 23.2 Å². The Labute approximate surface area is 132 Å². The molecule has 1 atom stereocenters. The Morgan fingerprint density at radius 1 is 1.36 bits per heavy atom. The number of hydrogen-bond donors (Lipinski definition) is 1. The lowest BCUT2D eigenvalue weighted by atomic mass is 9.78. The Morgan fingerprint density at radius 2 is 2.23 bits per heavy atom. The zero-order chi connectivity index (χ0) is 15.3. The Balaban J connectivity index is 1.56. The first-order valence-electron chi connectivity index (χ1n) is 7.70. The van der Waals surface area contributed by atoms with E-state index in [1.165, 1.54) is 0 Å². The van der Waals surface area contributed by atoms with E-state index >= 15 is 0 Å². The lowest BCUT2D eigenvalue weighted by Gasteiger charge is -2.37. The second kappa shape index (κ2) is 4.84. The van der Waals surface area contributed by atoms with Crippen LogP contribution >= 0.6 is 11.3 Å². The van der Waals surface area contributed by atoms with Crippen LogP contribution in [-0.2, 0) is 4.79 Å². The van der Waals surface area contributed by atoms with Gasteiger partial charge in [0.25, 0.3) is 5.91 Å². The highest BCUT2D eigenvalue weighted by atomic mass is 32.1. The van der Waals surface area contributed by atoms with Crippen molar-refractivity contribution in [1.29, 1.82) is 0 Å². The molecule has 116 valence electrons. The fraction of sp³-hybridized carbons (Fsp3) is 0.500. The smallest absolute Gasteiger partial charge is 0.270 e. The fourth-order valence-corrected chi connectivity index (χ4v) is 4.61. The van der Waals surface area contributed by atoms with Crippen molar-refractivity contribution in [2.45, 2.75) is 19.3 Å². The molecule has 6 heteroatoms. The largest absolute Gasteiger partial charge is 0.350 e. The molecule has 22 heavy (non-hydrogen) atoms. The molecule has 2 saturated heterocycles. The minimum Gasteiger partial charge on any atom is -0.350 e. The van der Waals surface area contributed by atoms with Gasteiger partial charge in [-0.2, -0.15) is 0 Å². The molecule has 2 aromatic rings. The summed E-state index contributed by atoms with van der Waals surface area (Å²) in [5.74, 6) is 0.225. The summed E-state index contributed by atoms with van der Waals surface area (Å²) >= 11 is 1.63. The Bertz CT molecular complexity index is 721. The summed E-state index contributed by atoms with van der Waals surface area (Å²) in [6, 6.07) is 3.91. The van der Waals surface area contributed by atoms with Crippen molar-refractivity contribution >= 4 is 33.4 Å². The summed E-state index contributed by atoms with van der Waals surface area (Å²) in [7, 11) is 1.87. The van der Waals surface area contributed by atoms with Gasteiger partial charge in [0.05, 0.1) is 15.6 Å². The minimum absolute atomic E-state index is 0.0151. The molecule has 2 aliphatic heterocycles. The van der Waals surface area contributed by atoms with E-state index in [9.17, 15) is 9.59 Å². The number of nitrogens with zero attached hydrogens (tertiary/aromatic N) is 2. The van der Waals surface area contributed by atoms with Gasteiger partial charge in [0.15, 0.2) is 0 Å². The summed E-state index contributed by atoms with van der Waals surface area (Å²) in [5.41, 5.74) is 1.30. The molecule has 0 unspecified atom stereocenters. The van der Waals surface area contributed by atoms with Crippen LogP contribution in [0.15, 0.2) is 17.5 Å². The van der Waals surface area contributed by atoms with Crippen LogP contribution in [0.1, 0.15) is 29.8 Å². The predicted octanol–water partition coefficient (Wildman–Crippen LogP) is 2.31. The first kappa shape index (κ1) is 13.8. The standard InChI is InChI=1S/C16H19N3O2S/c1-18-6-2-4-16(15(18)21)5-7-19(10-16)14(20)12-9-13-11(17-12)3-8-22-13/h3,8-9,17H,2,4-7,10H2,1H3/t16-/m1/s1. The van der Waals surface area contributed by atoms with E-state index in [0.29, 0.717) is 18.8 Å². The molecule has 2 aliphatic rings. The highest BCUT2D eigenvalue weighted by molar-refractivity contribution is 7.17. The molecular weight excluding hydrogens is 298 g/mol. The normalized spacial score (nSPS) is 25.6. The highest BCUT2D eigenvalue weighted by Crippen LogP contribution is 2.40. The molecule has 0 saturated carbocycles. The number of aromatic amines is 1. The molecule has 2 fully saturated rings. The molecule has 2 amide bonds. The van der Waals surface area contributed by atoms with E-state index < -0.39 is 0 Å². The lowest BCUT2D eigenvalue weighted by Crippen LogP contribution is -2.48. The van der Waals surface area contributed by atoms with Crippen LogP contribution in [0, 0.1) is 5.41 Å². The van der Waals surface area contributed by atoms with E-state index in [2.05, 4.69) is 4.98 Å². The zero-order valence-electron chi connectivity index (χ0n) is 12.6. The minimum atomic E-state index is -0.341. The van der Waals surface area contributed by atoms with Gasteiger partial charge in [-0.1, -0.05) is 0 Å². The van der Waals surface area contributed by atoms with Crippen LogP contribution in [0.3, 0.4) is 0 Å². The number of rotatable bonds is 1. The highest BCUT2D eigenvalue weighted by Gasteiger charge is 2.48. The van der Waals surface area contributed by atoms with Crippen molar-refractivity contribution in [3.8, 4) is 0 Å². The maximum absolute atomic E-state index is 12.7. The maximum atomic E-state index is 12.7. The van der Waals surface area contributed by atoms with Crippen LogP contribution < -0.4 is 0 Å². The molecule has 0 bridgehead atoms. The van der Waals surface area contributed by atoms with E-state index in [1.807, 2.05) is 34.4 Å². The lowest BCUT2D eigenvalue weighted by molar-refractivity contribution is -0.143. The number of thiophene rings is 1. The van der Waals surface area contributed by atoms with E-state index in [4.69, 9.17) is 0 Å². The predicted molar refractivity (Wildman–Crippen MR) is 86.0 cm³/mol. The van der Waals surface area contributed by atoms with E-state index in [1.54, 1.807) is 11.3 Å². The summed E-state index contributed by atoms with van der Waals surface area (Å²) < 4.78 is 1.10. The third kappa shape index (κ3) is 1.97. The summed E-state index contributed by atoms with van der Waals surface area (Å²) in [5, 5.41) is 2.01. The van der Waals surface area contributed by atoms with Crippen molar-refractivity contribution < 1.29 is 9.59 Å². The van der Waals surface area contributed by atoms with Crippen LogP contribution in [-0.4, -0.2) is 53.3 Å². The average Bonchev–Trinajstić information content (AvgIpc) is 3.18. The van der Waals surface area contributed by atoms with Crippen molar-refractivity contribution in [2.24, 2.45) is 5.41 Å². The van der Waals surface area contributed by atoms with Gasteiger partial charge in [0, 0.05) is 26.7 Å². The molecule has 4 rings (SSSR count). The summed E-state index contributed by atoms with van der Waals surface area (Å²) in [6.45, 7) is 2.06. The topological polar surface area (TPSA) is 56.4 Å². The van der Waals surface area contributed by atoms with Crippen LogP contribution in [0.5, 0.6) is 0 Å². The zero-order valence-corrected chi connectivity index (χ0v) is 13.4. The molecule has 0 aromatic carbocycles. The van der Waals surface area contributed by atoms with Crippen LogP contribution in [0.2, 0.25) is 0 Å². The Hall–Kier alpha value is -1.82. The number of aromatic nitrogens is 1. The number of hydrogen-bond acceptors (Lipinski definition) is 3. The van der Waals surface area contributed by atoms with Gasteiger partial charge in [-0.15, -0.1) is 11.3 Å². The van der Waals surface area contributed by atoms with Crippen molar-refractivity contribution in [2.75, 3.05) is 26.7 Å². The Kier molecular flexibility index (Phi) is 3.04. The first-order valence-corrected chi connectivity index (χ1v) is 8.58. The SMILES string of the molecule is CN1CCC[C@]2(CCN(C(=O)c3cc4sccc4[nH]3)C2)C1=O. The number of carbonyl (C=O) groups is 2. The number of nitrogens with one attached hydrogen (secondary N) is 1. The maximum Gasteiger partial charge on any atom is 0.270 e. The van der Waals surface area contributed by atoms with Gasteiger partial charge >= 0.3 is 0 Å². The third-order valence-corrected chi connectivity index (χ3v) is 5.92. The summed E-state index contributed by atoms with van der Waals surface area (Å²) in [6.07, 6.45) is 2.72. The molecule has 5 nitrogen and oxygen atoms in total. The number of amides is 2. The van der Waals surface area contributed by atoms with E-state index in [-0.39, 0.29) is 17.2 Å². The van der Waals surface area contributed by atoms with Crippen molar-refractivity contribution in [3.63, 3.8) is 0 Å². The quantitative estimate of drug-likeness (QED) is 0.877. The molecule has 4 heterocycles. The van der Waals surface area contributed by atoms with Gasteiger partial charge in [0.1, 0.15) is 5.69 Å². The molecule has 2 aromatic heterocycles. The first-order chi connectivity index (χ1) is 10.6. The number of carbonyl (C=O) groups excluding carboxylic acids is 2. The van der Waals surface area contributed by atoms with E-state index in [0.717, 1.165) is 36.0 Å². The second-order valence-electron chi connectivity index (χ2n) is 6.47. The van der Waals surface area contributed by atoms with Crippen LogP contribution in [0.25, 0.3) is 10.2 Å². The second-order valence-corrected chi connectivity index (χ2v) is 7.42. The van der Waals surface area contributed by atoms with Gasteiger partial charge in [-0.05, 0) is 36.8 Å². The van der Waals surface area contributed by atoms with Crippen LogP contribution in [0.4, 0.5) is 0 Å². The molecule has 1 spiro atoms. The number of fused-ring (bicyclic) bond motifs is 1. The number of piperidine rings is 1. The van der Waals surface area contributed by atoms with Crippen molar-refractivity contribution in [1.82, 2.24) is 14.8 Å². The molecule has 0 aliphatic carbocycles. The van der Waals surface area contributed by atoms with Gasteiger partial charge in [-0.3, -0.25) is 9.59 Å². The number of likely N-dealkylation sites (tertiary alicyclic amines) is 2. The Morgan fingerprint density at radius 3 is 3.05 bits per heavy atom. The van der Waals surface area contributed by atoms with Gasteiger partial charge < -0.3 is 14.8 Å². The average molecular weight is 317 g/mol.